The Hall–Kier alpha value is -1.85. The van der Waals surface area contributed by atoms with E-state index in [1.54, 1.807) is 6.33 Å². The van der Waals surface area contributed by atoms with Gasteiger partial charge in [-0.05, 0) is 19.8 Å². The predicted molar refractivity (Wildman–Crippen MR) is 85.3 cm³/mol. The highest BCUT2D eigenvalue weighted by Crippen LogP contribution is 2.29. The number of nitrogen functional groups attached to an aromatic ring is 1. The van der Waals surface area contributed by atoms with Crippen LogP contribution in [0, 0.1) is 0 Å². The second kappa shape index (κ2) is 6.28. The summed E-state index contributed by atoms with van der Waals surface area (Å²) in [5.74, 6) is 0.138. The molecule has 0 aromatic carbocycles. The van der Waals surface area contributed by atoms with Crippen molar-refractivity contribution in [2.24, 2.45) is 0 Å². The number of hydrogen-bond donors (Lipinski definition) is 2. The van der Waals surface area contributed by atoms with Gasteiger partial charge in [0.2, 0.25) is 5.95 Å². The molecule has 0 amide bonds. The van der Waals surface area contributed by atoms with Gasteiger partial charge in [-0.2, -0.15) is 4.98 Å². The van der Waals surface area contributed by atoms with Gasteiger partial charge in [0, 0.05) is 5.54 Å². The topological polar surface area (TPSA) is 89.6 Å². The lowest BCUT2D eigenvalue weighted by Gasteiger charge is -2.30. The van der Waals surface area contributed by atoms with E-state index in [2.05, 4.69) is 35.7 Å². The summed E-state index contributed by atoms with van der Waals surface area (Å²) in [6, 6.07) is 0. The van der Waals surface area contributed by atoms with E-state index in [1.165, 1.54) is 19.3 Å². The molecule has 2 aromatic rings. The first-order valence-corrected chi connectivity index (χ1v) is 7.75. The summed E-state index contributed by atoms with van der Waals surface area (Å²) < 4.78 is 2.01. The number of fused-ring (bicyclic) bond motifs is 1. The number of aromatic amines is 1. The smallest absolute Gasteiger partial charge is 0.280 e. The first kappa shape index (κ1) is 15.5. The molecule has 21 heavy (non-hydrogen) atoms. The van der Waals surface area contributed by atoms with Gasteiger partial charge >= 0.3 is 0 Å². The zero-order chi connectivity index (χ0) is 15.5. The van der Waals surface area contributed by atoms with E-state index in [4.69, 9.17) is 5.73 Å². The molecule has 0 radical (unpaired) electrons. The van der Waals surface area contributed by atoms with Crippen LogP contribution >= 0.6 is 0 Å². The summed E-state index contributed by atoms with van der Waals surface area (Å²) >= 11 is 0. The highest BCUT2D eigenvalue weighted by molar-refractivity contribution is 5.70. The quantitative estimate of drug-likeness (QED) is 0.768. The molecule has 0 fully saturated rings. The average Bonchev–Trinajstić information content (AvgIpc) is 2.88. The molecule has 0 saturated heterocycles. The lowest BCUT2D eigenvalue weighted by molar-refractivity contribution is 0.277. The number of nitrogens with two attached hydrogens (primary N) is 1. The van der Waals surface area contributed by atoms with Crippen LogP contribution in [0.1, 0.15) is 59.3 Å². The Bertz CT molecular complexity index is 660. The molecule has 1 unspecified atom stereocenters. The van der Waals surface area contributed by atoms with Crippen LogP contribution in [0.3, 0.4) is 0 Å². The summed E-state index contributed by atoms with van der Waals surface area (Å²) in [4.78, 5) is 22.9. The van der Waals surface area contributed by atoms with Crippen molar-refractivity contribution < 1.29 is 0 Å². The molecule has 0 aliphatic heterocycles. The predicted octanol–water partition coefficient (Wildman–Crippen LogP) is 2.80. The SMILES string of the molecule is CCCCCCC(C)(CC)n1cnc2c(=O)[nH]c(N)nc21. The Morgan fingerprint density at radius 2 is 2.10 bits per heavy atom. The number of hydrogen-bond acceptors (Lipinski definition) is 4. The van der Waals surface area contributed by atoms with Crippen molar-refractivity contribution >= 4 is 17.1 Å². The summed E-state index contributed by atoms with van der Waals surface area (Å²) in [7, 11) is 0. The van der Waals surface area contributed by atoms with Crippen LogP contribution in [0.15, 0.2) is 11.1 Å². The van der Waals surface area contributed by atoms with Crippen LogP contribution in [-0.4, -0.2) is 19.5 Å². The summed E-state index contributed by atoms with van der Waals surface area (Å²) in [6.45, 7) is 6.56. The van der Waals surface area contributed by atoms with E-state index in [0.717, 1.165) is 19.3 Å². The zero-order valence-corrected chi connectivity index (χ0v) is 13.1. The molecule has 0 aliphatic rings. The van der Waals surface area contributed by atoms with Crippen LogP contribution in [0.5, 0.6) is 0 Å². The normalized spacial score (nSPS) is 14.4. The lowest BCUT2D eigenvalue weighted by Crippen LogP contribution is -2.29. The van der Waals surface area contributed by atoms with E-state index in [9.17, 15) is 4.79 Å². The minimum Gasteiger partial charge on any atom is -0.369 e. The lowest BCUT2D eigenvalue weighted by atomic mass is 9.91. The molecule has 2 aromatic heterocycles. The molecule has 0 aliphatic carbocycles. The van der Waals surface area contributed by atoms with Crippen molar-refractivity contribution in [1.82, 2.24) is 19.5 Å². The van der Waals surface area contributed by atoms with E-state index in [0.29, 0.717) is 11.2 Å². The Kier molecular flexibility index (Phi) is 4.65. The Balaban J connectivity index is 2.35. The van der Waals surface area contributed by atoms with E-state index in [-0.39, 0.29) is 17.0 Å². The second-order valence-electron chi connectivity index (χ2n) is 5.90. The fourth-order valence-corrected chi connectivity index (χ4v) is 2.72. The molecule has 3 N–H and O–H groups in total. The van der Waals surface area contributed by atoms with Crippen molar-refractivity contribution in [3.05, 3.63) is 16.7 Å². The fraction of sp³-hybridized carbons (Fsp3) is 0.667. The van der Waals surface area contributed by atoms with E-state index < -0.39 is 0 Å². The third-order valence-electron chi connectivity index (χ3n) is 4.34. The number of unbranched alkanes of at least 4 members (excludes halogenated alkanes) is 3. The van der Waals surface area contributed by atoms with Crippen molar-refractivity contribution in [2.45, 2.75) is 64.8 Å². The molecule has 0 bridgehead atoms. The van der Waals surface area contributed by atoms with Gasteiger partial charge < -0.3 is 10.3 Å². The third kappa shape index (κ3) is 3.09. The van der Waals surface area contributed by atoms with Gasteiger partial charge in [-0.15, -0.1) is 0 Å². The van der Waals surface area contributed by atoms with E-state index in [1.807, 2.05) is 4.57 Å². The molecule has 6 nitrogen and oxygen atoms in total. The highest BCUT2D eigenvalue weighted by Gasteiger charge is 2.27. The first-order chi connectivity index (χ1) is 10.0. The highest BCUT2D eigenvalue weighted by atomic mass is 16.1. The Morgan fingerprint density at radius 3 is 2.76 bits per heavy atom. The number of aromatic nitrogens is 4. The molecule has 6 heteroatoms. The van der Waals surface area contributed by atoms with Gasteiger partial charge in [-0.1, -0.05) is 39.5 Å². The molecule has 2 rings (SSSR count). The summed E-state index contributed by atoms with van der Waals surface area (Å²) in [6.07, 6.45) is 8.60. The maximum Gasteiger partial charge on any atom is 0.280 e. The third-order valence-corrected chi connectivity index (χ3v) is 4.34. The molecule has 2 heterocycles. The number of H-pyrrole nitrogens is 1. The number of rotatable bonds is 7. The molecular weight excluding hydrogens is 266 g/mol. The number of nitrogens with one attached hydrogen (secondary N) is 1. The van der Waals surface area contributed by atoms with Crippen LogP contribution < -0.4 is 11.3 Å². The molecule has 0 spiro atoms. The van der Waals surface area contributed by atoms with Crippen molar-refractivity contribution in [3.8, 4) is 0 Å². The fourth-order valence-electron chi connectivity index (χ4n) is 2.72. The van der Waals surface area contributed by atoms with Gasteiger partial charge in [0.1, 0.15) is 0 Å². The number of imidazole rings is 1. The minimum atomic E-state index is -0.277. The minimum absolute atomic E-state index is 0.0876. The molecule has 116 valence electrons. The van der Waals surface area contributed by atoms with Crippen molar-refractivity contribution in [3.63, 3.8) is 0 Å². The monoisotopic (exact) mass is 291 g/mol. The average molecular weight is 291 g/mol. The van der Waals surface area contributed by atoms with Gasteiger partial charge in [-0.3, -0.25) is 9.78 Å². The van der Waals surface area contributed by atoms with Gasteiger partial charge in [-0.25, -0.2) is 4.98 Å². The summed E-state index contributed by atoms with van der Waals surface area (Å²) in [5.41, 5.74) is 6.24. The van der Waals surface area contributed by atoms with Gasteiger partial charge in [0.15, 0.2) is 11.2 Å². The molecule has 0 saturated carbocycles. The van der Waals surface area contributed by atoms with Crippen molar-refractivity contribution in [1.29, 1.82) is 0 Å². The maximum absolute atomic E-state index is 11.9. The van der Waals surface area contributed by atoms with Crippen molar-refractivity contribution in [2.75, 3.05) is 5.73 Å². The van der Waals surface area contributed by atoms with Gasteiger partial charge in [0.05, 0.1) is 6.33 Å². The van der Waals surface area contributed by atoms with Crippen LogP contribution in [0.25, 0.3) is 11.2 Å². The van der Waals surface area contributed by atoms with Gasteiger partial charge in [0.25, 0.3) is 5.56 Å². The van der Waals surface area contributed by atoms with Crippen LogP contribution in [-0.2, 0) is 5.54 Å². The Labute approximate surface area is 124 Å². The van der Waals surface area contributed by atoms with E-state index >= 15 is 0 Å². The second-order valence-corrected chi connectivity index (χ2v) is 5.90. The number of nitrogens with zero attached hydrogens (tertiary/aromatic N) is 3. The summed E-state index contributed by atoms with van der Waals surface area (Å²) in [5, 5.41) is 0. The first-order valence-electron chi connectivity index (χ1n) is 7.75. The zero-order valence-electron chi connectivity index (χ0n) is 13.1. The standard InChI is InChI=1S/C15H25N5O/c1-4-6-7-8-9-15(3,5-2)20-10-17-11-12(20)18-14(16)19-13(11)21/h10H,4-9H2,1-3H3,(H3,16,18,19,21). The maximum atomic E-state index is 11.9. The molecule has 1 atom stereocenters. The Morgan fingerprint density at radius 1 is 1.33 bits per heavy atom. The largest absolute Gasteiger partial charge is 0.369 e. The van der Waals surface area contributed by atoms with Crippen LogP contribution in [0.4, 0.5) is 5.95 Å². The number of anilines is 1. The molecular formula is C15H25N5O. The van der Waals surface area contributed by atoms with Crippen LogP contribution in [0.2, 0.25) is 0 Å².